The van der Waals surface area contributed by atoms with Gasteiger partial charge in [-0.2, -0.15) is 4.72 Å². The van der Waals surface area contributed by atoms with Gasteiger partial charge in [0.05, 0.1) is 0 Å². The molecule has 0 aliphatic carbocycles. The van der Waals surface area contributed by atoms with Gasteiger partial charge in [-0.05, 0) is 24.1 Å². The summed E-state index contributed by atoms with van der Waals surface area (Å²) in [4.78, 5) is 10.4. The highest BCUT2D eigenvalue weighted by Gasteiger charge is 2.28. The van der Waals surface area contributed by atoms with Crippen molar-refractivity contribution in [2.24, 2.45) is 5.73 Å². The van der Waals surface area contributed by atoms with Crippen LogP contribution in [-0.2, 0) is 21.2 Å². The standard InChI is InChI=1S/C15H13F3N2O3S/c16-10-6-7-12(14(18)13(10)17)24(22,23)20-11(15(19)21)8-9-4-2-1-3-5-9/h1-7,11,20H,8H2,(H2,19,21)/t11-/m1/s1. The quantitative estimate of drug-likeness (QED) is 0.767. The Kier molecular flexibility index (Phi) is 5.25. The van der Waals surface area contributed by atoms with Crippen LogP contribution < -0.4 is 10.5 Å². The molecule has 0 heterocycles. The molecular formula is C15H13F3N2O3S. The highest BCUT2D eigenvalue weighted by atomic mass is 32.2. The number of nitrogens with two attached hydrogens (primary N) is 1. The minimum atomic E-state index is -4.63. The minimum Gasteiger partial charge on any atom is -0.368 e. The second-order valence-electron chi connectivity index (χ2n) is 4.94. The first kappa shape index (κ1) is 18.0. The number of nitrogens with one attached hydrogen (secondary N) is 1. The normalized spacial score (nSPS) is 12.8. The second-order valence-corrected chi connectivity index (χ2v) is 6.62. The Hall–Kier alpha value is -2.39. The van der Waals surface area contributed by atoms with E-state index in [4.69, 9.17) is 5.73 Å². The van der Waals surface area contributed by atoms with E-state index in [1.54, 1.807) is 30.3 Å². The first-order valence-corrected chi connectivity index (χ1v) is 8.20. The van der Waals surface area contributed by atoms with E-state index in [-0.39, 0.29) is 6.42 Å². The number of halogens is 3. The largest absolute Gasteiger partial charge is 0.368 e. The molecule has 0 unspecified atom stereocenters. The van der Waals surface area contributed by atoms with Crippen LogP contribution in [0.1, 0.15) is 5.56 Å². The predicted molar refractivity (Wildman–Crippen MR) is 79.8 cm³/mol. The maximum Gasteiger partial charge on any atom is 0.244 e. The summed E-state index contributed by atoms with van der Waals surface area (Å²) in [7, 11) is -4.63. The fourth-order valence-electron chi connectivity index (χ4n) is 2.02. The molecule has 2 rings (SSSR count). The average Bonchev–Trinajstić information content (AvgIpc) is 2.52. The van der Waals surface area contributed by atoms with Crippen molar-refractivity contribution >= 4 is 15.9 Å². The summed E-state index contributed by atoms with van der Waals surface area (Å²) in [6.07, 6.45) is -0.0826. The van der Waals surface area contributed by atoms with Crippen molar-refractivity contribution < 1.29 is 26.4 Å². The molecule has 0 aliphatic rings. The van der Waals surface area contributed by atoms with Gasteiger partial charge in [-0.1, -0.05) is 30.3 Å². The summed E-state index contributed by atoms with van der Waals surface area (Å²) < 4.78 is 66.1. The fourth-order valence-corrected chi connectivity index (χ4v) is 3.29. The van der Waals surface area contributed by atoms with Crippen LogP contribution in [-0.4, -0.2) is 20.4 Å². The summed E-state index contributed by atoms with van der Waals surface area (Å²) in [5, 5.41) is 0. The molecule has 0 radical (unpaired) electrons. The van der Waals surface area contributed by atoms with Crippen LogP contribution >= 0.6 is 0 Å². The third-order valence-electron chi connectivity index (χ3n) is 3.21. The van der Waals surface area contributed by atoms with Gasteiger partial charge in [-0.3, -0.25) is 4.79 Å². The van der Waals surface area contributed by atoms with Crippen LogP contribution in [0.3, 0.4) is 0 Å². The van der Waals surface area contributed by atoms with E-state index in [0.717, 1.165) is 0 Å². The Labute approximate surface area is 136 Å². The average molecular weight is 358 g/mol. The molecule has 128 valence electrons. The molecule has 1 amide bonds. The minimum absolute atomic E-state index is 0.0826. The van der Waals surface area contributed by atoms with Crippen molar-refractivity contribution in [3.63, 3.8) is 0 Å². The van der Waals surface area contributed by atoms with Gasteiger partial charge in [0.2, 0.25) is 15.9 Å². The molecular weight excluding hydrogens is 345 g/mol. The van der Waals surface area contributed by atoms with Crippen LogP contribution in [0.2, 0.25) is 0 Å². The van der Waals surface area contributed by atoms with E-state index in [9.17, 15) is 26.4 Å². The monoisotopic (exact) mass is 358 g/mol. The molecule has 2 aromatic rings. The Balaban J connectivity index is 2.31. The third-order valence-corrected chi connectivity index (χ3v) is 4.70. The van der Waals surface area contributed by atoms with Crippen LogP contribution in [0.15, 0.2) is 47.4 Å². The Morgan fingerprint density at radius 2 is 1.67 bits per heavy atom. The molecule has 0 fully saturated rings. The number of amides is 1. The van der Waals surface area contributed by atoms with Gasteiger partial charge in [-0.25, -0.2) is 21.6 Å². The van der Waals surface area contributed by atoms with Gasteiger partial charge in [0.1, 0.15) is 10.9 Å². The number of carbonyl (C=O) groups is 1. The summed E-state index contributed by atoms with van der Waals surface area (Å²) in [6, 6.07) is 8.02. The molecule has 1 atom stereocenters. The highest BCUT2D eigenvalue weighted by molar-refractivity contribution is 7.89. The molecule has 3 N–H and O–H groups in total. The third kappa shape index (κ3) is 3.92. The lowest BCUT2D eigenvalue weighted by Gasteiger charge is -2.16. The molecule has 5 nitrogen and oxygen atoms in total. The number of hydrogen-bond donors (Lipinski definition) is 2. The number of sulfonamides is 1. The summed E-state index contributed by atoms with van der Waals surface area (Å²) >= 11 is 0. The van der Waals surface area contributed by atoms with E-state index in [1.807, 2.05) is 4.72 Å². The lowest BCUT2D eigenvalue weighted by Crippen LogP contribution is -2.46. The van der Waals surface area contributed by atoms with Gasteiger partial charge >= 0.3 is 0 Å². The number of primary amides is 1. The Bertz CT molecular complexity index is 858. The lowest BCUT2D eigenvalue weighted by atomic mass is 10.1. The molecule has 9 heteroatoms. The second kappa shape index (κ2) is 7.02. The molecule has 0 aliphatic heterocycles. The van der Waals surface area contributed by atoms with E-state index < -0.39 is 44.3 Å². The smallest absolute Gasteiger partial charge is 0.244 e. The van der Waals surface area contributed by atoms with Crippen molar-refractivity contribution in [2.45, 2.75) is 17.4 Å². The zero-order valence-electron chi connectivity index (χ0n) is 12.2. The molecule has 0 saturated heterocycles. The van der Waals surface area contributed by atoms with E-state index >= 15 is 0 Å². The van der Waals surface area contributed by atoms with Gasteiger partial charge < -0.3 is 5.73 Å². The van der Waals surface area contributed by atoms with Crippen molar-refractivity contribution in [1.82, 2.24) is 4.72 Å². The molecule has 0 aromatic heterocycles. The number of carbonyl (C=O) groups excluding carboxylic acids is 1. The number of hydrogen-bond acceptors (Lipinski definition) is 3. The SMILES string of the molecule is NC(=O)[C@@H](Cc1ccccc1)NS(=O)(=O)c1ccc(F)c(F)c1F. The number of rotatable bonds is 6. The Morgan fingerprint density at radius 1 is 1.04 bits per heavy atom. The van der Waals surface area contributed by atoms with Crippen molar-refractivity contribution in [2.75, 3.05) is 0 Å². The molecule has 0 saturated carbocycles. The molecule has 0 bridgehead atoms. The van der Waals surface area contributed by atoms with Crippen molar-refractivity contribution in [3.05, 3.63) is 65.5 Å². The topological polar surface area (TPSA) is 89.3 Å². The molecule has 2 aromatic carbocycles. The Morgan fingerprint density at radius 3 is 2.25 bits per heavy atom. The van der Waals surface area contributed by atoms with Gasteiger partial charge in [0.25, 0.3) is 0 Å². The van der Waals surface area contributed by atoms with E-state index in [2.05, 4.69) is 0 Å². The zero-order valence-corrected chi connectivity index (χ0v) is 13.0. The first-order chi connectivity index (χ1) is 11.2. The lowest BCUT2D eigenvalue weighted by molar-refractivity contribution is -0.119. The summed E-state index contributed by atoms with van der Waals surface area (Å²) in [5.74, 6) is -6.31. The van der Waals surface area contributed by atoms with Crippen molar-refractivity contribution in [3.8, 4) is 0 Å². The summed E-state index contributed by atoms with van der Waals surface area (Å²) in [5.41, 5.74) is 5.77. The van der Waals surface area contributed by atoms with Crippen LogP contribution in [0.4, 0.5) is 13.2 Å². The van der Waals surface area contributed by atoms with Crippen LogP contribution in [0.25, 0.3) is 0 Å². The molecule has 0 spiro atoms. The van der Waals surface area contributed by atoms with Gasteiger partial charge in [0.15, 0.2) is 17.5 Å². The predicted octanol–water partition coefficient (Wildman–Crippen LogP) is 1.48. The zero-order chi connectivity index (χ0) is 17.9. The van der Waals surface area contributed by atoms with Crippen molar-refractivity contribution in [1.29, 1.82) is 0 Å². The first-order valence-electron chi connectivity index (χ1n) is 6.71. The summed E-state index contributed by atoms with van der Waals surface area (Å²) in [6.45, 7) is 0. The van der Waals surface area contributed by atoms with E-state index in [1.165, 1.54) is 0 Å². The van der Waals surface area contributed by atoms with Crippen LogP contribution in [0.5, 0.6) is 0 Å². The highest BCUT2D eigenvalue weighted by Crippen LogP contribution is 2.20. The maximum atomic E-state index is 13.7. The van der Waals surface area contributed by atoms with E-state index in [0.29, 0.717) is 17.7 Å². The maximum absolute atomic E-state index is 13.7. The van der Waals surface area contributed by atoms with Gasteiger partial charge in [0, 0.05) is 0 Å². The van der Waals surface area contributed by atoms with Crippen LogP contribution in [0, 0.1) is 17.5 Å². The number of benzene rings is 2. The molecule has 24 heavy (non-hydrogen) atoms. The van der Waals surface area contributed by atoms with Gasteiger partial charge in [-0.15, -0.1) is 0 Å². The fraction of sp³-hybridized carbons (Fsp3) is 0.133.